The molecule has 10 heteroatoms. The van der Waals surface area contributed by atoms with Gasteiger partial charge in [0.2, 0.25) is 0 Å². The quantitative estimate of drug-likeness (QED) is 0.0375. The Hall–Kier alpha value is -8.54. The summed E-state index contributed by atoms with van der Waals surface area (Å²) in [6, 6.07) is 64.3. The van der Waals surface area contributed by atoms with Crippen molar-refractivity contribution in [2.24, 2.45) is 5.90 Å². The van der Waals surface area contributed by atoms with Gasteiger partial charge in [-0.15, -0.1) is 0 Å². The molecule has 66 heavy (non-hydrogen) atoms. The third-order valence-corrected chi connectivity index (χ3v) is 11.3. The molecule has 0 amide bonds. The highest BCUT2D eigenvalue weighted by molar-refractivity contribution is 6.14. The minimum Gasteiger partial charge on any atom is -0.497 e. The summed E-state index contributed by atoms with van der Waals surface area (Å²) >= 11 is 0. The van der Waals surface area contributed by atoms with Crippen LogP contribution in [0.3, 0.4) is 0 Å². The van der Waals surface area contributed by atoms with Gasteiger partial charge < -0.3 is 24.9 Å². The van der Waals surface area contributed by atoms with Gasteiger partial charge in [0.1, 0.15) is 5.75 Å². The van der Waals surface area contributed by atoms with Crippen LogP contribution in [0.2, 0.25) is 0 Å². The van der Waals surface area contributed by atoms with Gasteiger partial charge in [-0.3, -0.25) is 10.1 Å². The maximum atomic E-state index is 12.8. The number of rotatable bonds is 14. The highest BCUT2D eigenvalue weighted by Crippen LogP contribution is 2.44. The van der Waals surface area contributed by atoms with E-state index in [0.29, 0.717) is 21.5 Å². The summed E-state index contributed by atoms with van der Waals surface area (Å²) in [5, 5.41) is 14.6. The van der Waals surface area contributed by atoms with E-state index in [1.165, 1.54) is 5.56 Å². The summed E-state index contributed by atoms with van der Waals surface area (Å²) < 4.78 is 5.39. The fraction of sp³-hybridized carbons (Fsp3) is 0.0357. The summed E-state index contributed by atoms with van der Waals surface area (Å²) in [4.78, 5) is 27.2. The zero-order valence-electron chi connectivity index (χ0n) is 36.2. The maximum absolute atomic E-state index is 12.8. The molecular weight excluding hydrogens is 825 g/mol. The van der Waals surface area contributed by atoms with Crippen molar-refractivity contribution in [2.75, 3.05) is 16.9 Å². The largest absolute Gasteiger partial charge is 0.497 e. The predicted octanol–water partition coefficient (Wildman–Crippen LogP) is 13.9. The lowest BCUT2D eigenvalue weighted by Gasteiger charge is -2.25. The van der Waals surface area contributed by atoms with Crippen molar-refractivity contribution in [3.8, 4) is 11.5 Å². The predicted molar refractivity (Wildman–Crippen MR) is 269 cm³/mol. The van der Waals surface area contributed by atoms with Gasteiger partial charge in [-0.2, -0.15) is 5.90 Å². The lowest BCUT2D eigenvalue weighted by Crippen LogP contribution is -2.09. The Labute approximate surface area is 382 Å². The second-order valence-electron chi connectivity index (χ2n) is 15.4. The Bertz CT molecular complexity index is 3160. The van der Waals surface area contributed by atoms with Crippen molar-refractivity contribution in [3.63, 3.8) is 0 Å². The van der Waals surface area contributed by atoms with Gasteiger partial charge in [0.15, 0.2) is 5.75 Å². The van der Waals surface area contributed by atoms with Crippen LogP contribution >= 0.6 is 0 Å². The average molecular weight is 871 g/mol. The Morgan fingerprint density at radius 2 is 0.879 bits per heavy atom. The van der Waals surface area contributed by atoms with Crippen molar-refractivity contribution in [1.82, 2.24) is 0 Å². The third-order valence-electron chi connectivity index (χ3n) is 11.3. The van der Waals surface area contributed by atoms with Gasteiger partial charge >= 0.3 is 0 Å². The topological polar surface area (TPSA) is 135 Å². The van der Waals surface area contributed by atoms with E-state index in [1.807, 2.05) is 115 Å². The number of fused-ring (bicyclic) bond motifs is 2. The van der Waals surface area contributed by atoms with E-state index in [1.54, 1.807) is 25.3 Å². The molecule has 0 heterocycles. The van der Waals surface area contributed by atoms with Crippen LogP contribution in [0.5, 0.6) is 11.5 Å². The van der Waals surface area contributed by atoms with Gasteiger partial charge in [-0.1, -0.05) is 120 Å². The third kappa shape index (κ3) is 9.37. The molecule has 0 saturated carbocycles. The molecular formula is C56H46N4O6. The van der Waals surface area contributed by atoms with Crippen molar-refractivity contribution in [2.45, 2.75) is 6.92 Å². The Kier molecular flexibility index (Phi) is 13.3. The second kappa shape index (κ2) is 19.9. The zero-order chi connectivity index (χ0) is 44.7. The summed E-state index contributed by atoms with van der Waals surface area (Å²) in [5.74, 6) is 6.55. The molecule has 0 atom stereocenters. The number of non-ortho nitro benzene ring substituents is 1. The van der Waals surface area contributed by atoms with Gasteiger partial charge in [-0.25, -0.2) is 0 Å². The summed E-state index contributed by atoms with van der Waals surface area (Å²) in [7, 11) is 1.66. The van der Waals surface area contributed by atoms with E-state index in [0.717, 1.165) is 62.1 Å². The number of anilines is 6. The molecule has 0 saturated heterocycles. The van der Waals surface area contributed by atoms with Gasteiger partial charge in [-0.05, 0) is 138 Å². The first kappa shape index (κ1) is 44.1. The van der Waals surface area contributed by atoms with Crippen LogP contribution in [0, 0.1) is 17.0 Å². The SMILES string of the molecule is COc1ccc(N(c2ccccc2)c2ccc(/C=C\c3ccc4c(OON)c5cc(/C=C\c6ccc(N(c7ccccc7)c7ccc(C)cc7)cc6)ccc5c([N+](=O)[O-])c4c3)cc2)cc1.O. The van der Waals surface area contributed by atoms with E-state index in [-0.39, 0.29) is 21.8 Å². The molecule has 9 aromatic carbocycles. The van der Waals surface area contributed by atoms with Crippen LogP contribution in [0.1, 0.15) is 27.8 Å². The number of nitrogens with zero attached hydrogens (tertiary/aromatic N) is 3. The van der Waals surface area contributed by atoms with Crippen LogP contribution in [0.25, 0.3) is 45.8 Å². The van der Waals surface area contributed by atoms with Gasteiger partial charge in [0, 0.05) is 44.9 Å². The van der Waals surface area contributed by atoms with Crippen LogP contribution in [0.15, 0.2) is 194 Å². The van der Waals surface area contributed by atoms with Crippen molar-refractivity contribution >= 4 is 85.7 Å². The second-order valence-corrected chi connectivity index (χ2v) is 15.4. The maximum Gasteiger partial charge on any atom is 0.285 e. The molecule has 0 aliphatic rings. The van der Waals surface area contributed by atoms with E-state index >= 15 is 0 Å². The van der Waals surface area contributed by atoms with Crippen LogP contribution in [-0.2, 0) is 4.99 Å². The smallest absolute Gasteiger partial charge is 0.285 e. The molecule has 9 aromatic rings. The molecule has 0 radical (unpaired) electrons. The molecule has 10 nitrogen and oxygen atoms in total. The first-order valence-electron chi connectivity index (χ1n) is 21.1. The average Bonchev–Trinajstić information content (AvgIpc) is 3.35. The number of hydrogen-bond acceptors (Lipinski definition) is 8. The molecule has 0 bridgehead atoms. The molecule has 0 aromatic heterocycles. The van der Waals surface area contributed by atoms with Gasteiger partial charge in [0.25, 0.3) is 5.69 Å². The molecule has 9 rings (SSSR count). The minimum atomic E-state index is -0.350. The molecule has 0 aliphatic heterocycles. The van der Waals surface area contributed by atoms with E-state index in [2.05, 4.69) is 102 Å². The first-order valence-corrected chi connectivity index (χ1v) is 21.1. The van der Waals surface area contributed by atoms with E-state index in [4.69, 9.17) is 20.5 Å². The zero-order valence-corrected chi connectivity index (χ0v) is 36.2. The summed E-state index contributed by atoms with van der Waals surface area (Å²) in [6.45, 7) is 2.08. The fourth-order valence-corrected chi connectivity index (χ4v) is 8.07. The molecule has 4 N–H and O–H groups in total. The molecule has 0 unspecified atom stereocenters. The van der Waals surface area contributed by atoms with Crippen molar-refractivity contribution in [1.29, 1.82) is 0 Å². The lowest BCUT2D eigenvalue weighted by molar-refractivity contribution is -0.381. The number of para-hydroxylation sites is 2. The number of nitro groups is 1. The number of nitro benzene ring substituents is 1. The fourth-order valence-electron chi connectivity index (χ4n) is 8.07. The number of ether oxygens (including phenoxy) is 1. The Morgan fingerprint density at radius 1 is 0.485 bits per heavy atom. The van der Waals surface area contributed by atoms with Crippen molar-refractivity contribution in [3.05, 3.63) is 232 Å². The molecule has 0 spiro atoms. The van der Waals surface area contributed by atoms with Crippen LogP contribution in [-0.4, -0.2) is 17.5 Å². The van der Waals surface area contributed by atoms with E-state index in [9.17, 15) is 10.1 Å². The molecule has 0 aliphatic carbocycles. The van der Waals surface area contributed by atoms with E-state index < -0.39 is 0 Å². The number of hydrogen-bond donors (Lipinski definition) is 1. The van der Waals surface area contributed by atoms with Gasteiger partial charge in [0.05, 0.1) is 22.8 Å². The number of aryl methyl sites for hydroxylation is 1. The summed E-state index contributed by atoms with van der Waals surface area (Å²) in [5.41, 5.74) is 10.8. The Morgan fingerprint density at radius 3 is 1.33 bits per heavy atom. The normalized spacial score (nSPS) is 11.2. The number of benzene rings is 9. The lowest BCUT2D eigenvalue weighted by atomic mass is 9.96. The number of nitrogens with two attached hydrogens (primary N) is 1. The van der Waals surface area contributed by atoms with Crippen LogP contribution in [0.4, 0.5) is 39.8 Å². The molecule has 326 valence electrons. The summed E-state index contributed by atoms with van der Waals surface area (Å²) in [6.07, 6.45) is 7.88. The highest BCUT2D eigenvalue weighted by Gasteiger charge is 2.24. The standard InChI is InChI=1S/C56H44N4O5.H2O/c1-39-13-25-46(26-14-39)58(44-9-5-3-6-10-44)47-27-19-41(20-28-47)16-18-43-23-35-51-54(38-43)56(64-65-57)52-36-24-42(37-53(52)55(51)60(61)62)17-15-40-21-29-48(30-22-40)59(45-11-7-4-8-12-45)49-31-33-50(63-2)34-32-49;/h3-38H,57H2,1-2H3;1H2/b17-15-,18-16-;. The van der Waals surface area contributed by atoms with Crippen LogP contribution < -0.4 is 25.3 Å². The highest BCUT2D eigenvalue weighted by atomic mass is 17.3. The van der Waals surface area contributed by atoms with Crippen molar-refractivity contribution < 1.29 is 25.0 Å². The first-order chi connectivity index (χ1) is 31.9. The Balaban J connectivity index is 0.00000592. The minimum absolute atomic E-state index is 0. The monoisotopic (exact) mass is 870 g/mol. The number of methoxy groups -OCH3 is 1. The molecule has 0 fully saturated rings.